The maximum absolute atomic E-state index is 12.3. The molecule has 0 amide bonds. The summed E-state index contributed by atoms with van der Waals surface area (Å²) in [5.41, 5.74) is 16.5. The second-order valence-electron chi connectivity index (χ2n) is 8.86. The van der Waals surface area contributed by atoms with Crippen molar-refractivity contribution in [2.45, 2.75) is 76.2 Å². The number of rotatable bonds is 3. The molecule has 0 radical (unpaired) electrons. The summed E-state index contributed by atoms with van der Waals surface area (Å²) in [5.74, 6) is -0.0123. The van der Waals surface area contributed by atoms with Crippen LogP contribution in [0.3, 0.4) is 0 Å². The molecule has 0 N–H and O–H groups in total. The second-order valence-corrected chi connectivity index (χ2v) is 8.86. The van der Waals surface area contributed by atoms with Crippen molar-refractivity contribution in [2.24, 2.45) is 0 Å². The zero-order valence-electron chi connectivity index (χ0n) is 20.4. The van der Waals surface area contributed by atoms with Gasteiger partial charge in [0.1, 0.15) is 5.69 Å². The Morgan fingerprint density at radius 1 is 0.633 bits per heavy atom. The van der Waals surface area contributed by atoms with Gasteiger partial charge in [0.15, 0.2) is 5.78 Å². The SMILES string of the molecule is CC(=O)c1cc(-c2c(C)c(C)c(C)c(C)c2C)n(-c2c(C)c(C)c(C)c(C)c2C)n1. The van der Waals surface area contributed by atoms with Gasteiger partial charge in [-0.15, -0.1) is 0 Å². The number of carbonyl (C=O) groups excluding carboxylic acids is 1. The van der Waals surface area contributed by atoms with Crippen molar-refractivity contribution >= 4 is 5.78 Å². The van der Waals surface area contributed by atoms with Gasteiger partial charge in [0, 0.05) is 12.5 Å². The Morgan fingerprint density at radius 2 is 1.00 bits per heavy atom. The summed E-state index contributed by atoms with van der Waals surface area (Å²) in [4.78, 5) is 12.3. The van der Waals surface area contributed by atoms with E-state index in [1.54, 1.807) is 6.92 Å². The number of hydrogen-bond acceptors (Lipinski definition) is 2. The number of aromatic nitrogens is 2. The van der Waals surface area contributed by atoms with E-state index < -0.39 is 0 Å². The van der Waals surface area contributed by atoms with Crippen LogP contribution in [0.4, 0.5) is 0 Å². The predicted octanol–water partition coefficient (Wildman–Crippen LogP) is 6.83. The molecule has 0 aliphatic carbocycles. The fourth-order valence-corrected chi connectivity index (χ4v) is 4.58. The van der Waals surface area contributed by atoms with E-state index in [-0.39, 0.29) is 5.78 Å². The third kappa shape index (κ3) is 3.12. The van der Waals surface area contributed by atoms with Gasteiger partial charge in [-0.1, -0.05) is 0 Å². The van der Waals surface area contributed by atoms with E-state index in [1.807, 2.05) is 10.7 Å². The van der Waals surface area contributed by atoms with Crippen LogP contribution in [0.15, 0.2) is 6.07 Å². The highest BCUT2D eigenvalue weighted by Crippen LogP contribution is 2.38. The summed E-state index contributed by atoms with van der Waals surface area (Å²) < 4.78 is 2.02. The first kappa shape index (κ1) is 22.0. The molecular weight excluding hydrogens is 368 g/mol. The summed E-state index contributed by atoms with van der Waals surface area (Å²) in [6.45, 7) is 23.4. The van der Waals surface area contributed by atoms with Crippen molar-refractivity contribution in [3.8, 4) is 16.9 Å². The molecule has 0 aliphatic heterocycles. The van der Waals surface area contributed by atoms with Gasteiger partial charge in [0.25, 0.3) is 0 Å². The molecule has 0 spiro atoms. The van der Waals surface area contributed by atoms with Crippen LogP contribution < -0.4 is 0 Å². The highest BCUT2D eigenvalue weighted by atomic mass is 16.1. The van der Waals surface area contributed by atoms with Gasteiger partial charge < -0.3 is 0 Å². The van der Waals surface area contributed by atoms with E-state index in [0.717, 1.165) is 11.4 Å². The molecule has 0 saturated heterocycles. The van der Waals surface area contributed by atoms with Gasteiger partial charge in [-0.3, -0.25) is 4.79 Å². The van der Waals surface area contributed by atoms with Crippen LogP contribution in [0.25, 0.3) is 16.9 Å². The van der Waals surface area contributed by atoms with Gasteiger partial charge in [-0.2, -0.15) is 5.10 Å². The Bertz CT molecular complexity index is 1060. The Morgan fingerprint density at radius 3 is 1.40 bits per heavy atom. The van der Waals surface area contributed by atoms with Crippen LogP contribution in [0.1, 0.15) is 73.0 Å². The smallest absolute Gasteiger partial charge is 0.180 e. The molecule has 0 saturated carbocycles. The Balaban J connectivity index is 2.51. The van der Waals surface area contributed by atoms with E-state index in [4.69, 9.17) is 5.10 Å². The maximum atomic E-state index is 12.3. The lowest BCUT2D eigenvalue weighted by Gasteiger charge is -2.23. The fourth-order valence-electron chi connectivity index (χ4n) is 4.58. The molecule has 1 aromatic heterocycles. The summed E-state index contributed by atoms with van der Waals surface area (Å²) >= 11 is 0. The van der Waals surface area contributed by atoms with Crippen LogP contribution in [0.2, 0.25) is 0 Å². The lowest BCUT2D eigenvalue weighted by atomic mass is 9.87. The monoisotopic (exact) mass is 402 g/mol. The molecule has 158 valence electrons. The highest BCUT2D eigenvalue weighted by molar-refractivity contribution is 5.94. The number of Topliss-reactive ketones (excluding diaryl/α,β-unsaturated/α-hetero) is 1. The van der Waals surface area contributed by atoms with Crippen molar-refractivity contribution in [2.75, 3.05) is 0 Å². The zero-order valence-corrected chi connectivity index (χ0v) is 20.4. The third-order valence-electron chi connectivity index (χ3n) is 7.50. The molecule has 3 aromatic rings. The standard InChI is InChI=1S/C27H34N2O/c1-13-15(3)19(7)26(20(8)16(13)4)25-12-24(23(11)30)28-29(25)27-21(9)17(5)14(2)18(6)22(27)10/h12H,1-11H3. The molecular formula is C27H34N2O. The Kier molecular flexibility index (Phi) is 5.53. The lowest BCUT2D eigenvalue weighted by molar-refractivity contribution is 0.101. The Labute approximate surface area is 181 Å². The largest absolute Gasteiger partial charge is 0.293 e. The van der Waals surface area contributed by atoms with Crippen molar-refractivity contribution in [1.82, 2.24) is 9.78 Å². The van der Waals surface area contributed by atoms with E-state index in [1.165, 1.54) is 61.2 Å². The molecule has 0 fully saturated rings. The van der Waals surface area contributed by atoms with E-state index in [2.05, 4.69) is 69.2 Å². The van der Waals surface area contributed by atoms with Crippen LogP contribution in [-0.2, 0) is 0 Å². The minimum atomic E-state index is -0.0123. The van der Waals surface area contributed by atoms with Crippen LogP contribution in [-0.4, -0.2) is 15.6 Å². The number of benzene rings is 2. The van der Waals surface area contributed by atoms with E-state index in [9.17, 15) is 4.79 Å². The van der Waals surface area contributed by atoms with Gasteiger partial charge in [0.2, 0.25) is 0 Å². The van der Waals surface area contributed by atoms with Crippen molar-refractivity contribution < 1.29 is 4.79 Å². The van der Waals surface area contributed by atoms with E-state index >= 15 is 0 Å². The van der Waals surface area contributed by atoms with E-state index in [0.29, 0.717) is 5.69 Å². The summed E-state index contributed by atoms with van der Waals surface area (Å²) in [5, 5.41) is 4.82. The first-order chi connectivity index (χ1) is 13.9. The second kappa shape index (κ2) is 7.54. The average molecular weight is 403 g/mol. The zero-order chi connectivity index (χ0) is 22.7. The fraction of sp³-hybridized carbons (Fsp3) is 0.407. The quantitative estimate of drug-likeness (QED) is 0.450. The number of ketones is 1. The number of nitrogens with zero attached hydrogens (tertiary/aromatic N) is 2. The predicted molar refractivity (Wildman–Crippen MR) is 126 cm³/mol. The molecule has 2 aromatic carbocycles. The van der Waals surface area contributed by atoms with Gasteiger partial charge in [-0.05, 0) is 131 Å². The van der Waals surface area contributed by atoms with Gasteiger partial charge in [-0.25, -0.2) is 4.68 Å². The highest BCUT2D eigenvalue weighted by Gasteiger charge is 2.23. The molecule has 0 atom stereocenters. The Hall–Kier alpha value is -2.68. The van der Waals surface area contributed by atoms with Crippen molar-refractivity contribution in [3.63, 3.8) is 0 Å². The number of hydrogen-bond donors (Lipinski definition) is 0. The van der Waals surface area contributed by atoms with Crippen molar-refractivity contribution in [1.29, 1.82) is 0 Å². The van der Waals surface area contributed by atoms with Gasteiger partial charge in [0.05, 0.1) is 11.4 Å². The molecule has 0 aliphatic rings. The van der Waals surface area contributed by atoms with Crippen LogP contribution in [0.5, 0.6) is 0 Å². The summed E-state index contributed by atoms with van der Waals surface area (Å²) in [7, 11) is 0. The molecule has 3 rings (SSSR count). The molecule has 3 nitrogen and oxygen atoms in total. The average Bonchev–Trinajstić information content (AvgIpc) is 3.13. The normalized spacial score (nSPS) is 11.3. The molecule has 3 heteroatoms. The lowest BCUT2D eigenvalue weighted by Crippen LogP contribution is -2.10. The van der Waals surface area contributed by atoms with Crippen LogP contribution in [0, 0.1) is 69.2 Å². The van der Waals surface area contributed by atoms with Gasteiger partial charge >= 0.3 is 0 Å². The third-order valence-corrected chi connectivity index (χ3v) is 7.50. The maximum Gasteiger partial charge on any atom is 0.180 e. The minimum absolute atomic E-state index is 0.0123. The first-order valence-electron chi connectivity index (χ1n) is 10.7. The first-order valence-corrected chi connectivity index (χ1v) is 10.7. The molecule has 30 heavy (non-hydrogen) atoms. The summed E-state index contributed by atoms with van der Waals surface area (Å²) in [6, 6.07) is 1.97. The molecule has 1 heterocycles. The molecule has 0 bridgehead atoms. The summed E-state index contributed by atoms with van der Waals surface area (Å²) in [6.07, 6.45) is 0. The van der Waals surface area contributed by atoms with Crippen molar-refractivity contribution in [3.05, 3.63) is 67.4 Å². The van der Waals surface area contributed by atoms with Crippen LogP contribution >= 0.6 is 0 Å². The molecule has 0 unspecified atom stereocenters. The topological polar surface area (TPSA) is 34.9 Å². The number of carbonyl (C=O) groups is 1. The minimum Gasteiger partial charge on any atom is -0.293 e.